The fourth-order valence-electron chi connectivity index (χ4n) is 4.59. The van der Waals surface area contributed by atoms with E-state index in [1.807, 2.05) is 6.92 Å². The summed E-state index contributed by atoms with van der Waals surface area (Å²) in [5, 5.41) is 28.3. The number of likely N-dealkylation sites (tertiary alicyclic amines) is 1. The second-order valence-corrected chi connectivity index (χ2v) is 8.57. The molecule has 1 saturated carbocycles. The molecule has 1 saturated heterocycles. The molecule has 2 atom stereocenters. The van der Waals surface area contributed by atoms with Crippen LogP contribution in [0.1, 0.15) is 49.4 Å². The second-order valence-electron chi connectivity index (χ2n) is 8.57. The number of aliphatic hydroxyl groups excluding tert-OH is 1. The molecule has 8 heteroatoms. The minimum Gasteiger partial charge on any atom is -0.506 e. The molecule has 2 fully saturated rings. The number of phenolic OH excluding ortho intramolecular Hbond substituents is 1. The van der Waals surface area contributed by atoms with E-state index in [4.69, 9.17) is 0 Å². The number of piperidine rings is 1. The van der Waals surface area contributed by atoms with Gasteiger partial charge < -0.3 is 20.4 Å². The lowest BCUT2D eigenvalue weighted by molar-refractivity contribution is -0.135. The predicted octanol–water partition coefficient (Wildman–Crippen LogP) is 1.55. The molecule has 8 nitrogen and oxygen atoms in total. The highest BCUT2D eigenvalue weighted by Gasteiger charge is 2.44. The number of carbonyl (C=O) groups excluding carboxylic acids is 2. The van der Waals surface area contributed by atoms with Crippen LogP contribution in [-0.4, -0.2) is 61.9 Å². The number of phenols is 1. The number of benzene rings is 1. The third-order valence-corrected chi connectivity index (χ3v) is 6.61. The number of hydrogen-bond donors (Lipinski definition) is 3. The highest BCUT2D eigenvalue weighted by molar-refractivity contribution is 6.00. The van der Waals surface area contributed by atoms with E-state index >= 15 is 0 Å². The van der Waals surface area contributed by atoms with Crippen molar-refractivity contribution in [3.8, 4) is 5.75 Å². The monoisotopic (exact) mass is 400 g/mol. The van der Waals surface area contributed by atoms with Crippen molar-refractivity contribution in [3.63, 3.8) is 0 Å². The Balaban J connectivity index is 1.38. The largest absolute Gasteiger partial charge is 0.506 e. The molecule has 29 heavy (non-hydrogen) atoms. The van der Waals surface area contributed by atoms with Gasteiger partial charge in [-0.3, -0.25) is 14.3 Å². The molecule has 4 rings (SSSR count). The van der Waals surface area contributed by atoms with Crippen molar-refractivity contribution in [2.45, 2.75) is 51.2 Å². The molecule has 1 aliphatic heterocycles. The second kappa shape index (κ2) is 7.33. The molecule has 0 unspecified atom stereocenters. The maximum Gasteiger partial charge on any atom is 0.254 e. The number of rotatable bonds is 3. The topological polar surface area (TPSA) is 108 Å². The lowest BCUT2D eigenvalue weighted by Gasteiger charge is -2.35. The number of amides is 2. The molecule has 2 aliphatic rings. The Kier molecular flexibility index (Phi) is 4.98. The summed E-state index contributed by atoms with van der Waals surface area (Å²) in [7, 11) is 1.74. The normalized spacial score (nSPS) is 25.5. The van der Waals surface area contributed by atoms with Gasteiger partial charge in [-0.15, -0.1) is 0 Å². The Bertz CT molecular complexity index is 948. The van der Waals surface area contributed by atoms with Crippen LogP contribution in [0, 0.1) is 5.41 Å². The SMILES string of the molecule is Cn1ncc2cc(C(=O)N3CCC(NC(=O)[C@]4(C)CCC[C@H]4O)CC3)cc(O)c21. The summed E-state index contributed by atoms with van der Waals surface area (Å²) < 4.78 is 1.58. The lowest BCUT2D eigenvalue weighted by Crippen LogP contribution is -2.51. The minimum absolute atomic E-state index is 0.00498. The number of hydrogen-bond acceptors (Lipinski definition) is 5. The Morgan fingerprint density at radius 1 is 1.24 bits per heavy atom. The smallest absolute Gasteiger partial charge is 0.254 e. The summed E-state index contributed by atoms with van der Waals surface area (Å²) in [5.74, 6) is -0.176. The number of aromatic nitrogens is 2. The van der Waals surface area contributed by atoms with Gasteiger partial charge >= 0.3 is 0 Å². The molecule has 0 radical (unpaired) electrons. The van der Waals surface area contributed by atoms with Crippen molar-refractivity contribution in [2.24, 2.45) is 12.5 Å². The number of carbonyl (C=O) groups is 2. The first-order valence-corrected chi connectivity index (χ1v) is 10.2. The zero-order chi connectivity index (χ0) is 20.8. The van der Waals surface area contributed by atoms with Gasteiger partial charge in [0.25, 0.3) is 5.91 Å². The standard InChI is InChI=1S/C21H28N4O4/c1-21(7-3-4-17(21)27)20(29)23-15-5-8-25(9-6-15)19(28)13-10-14-12-22-24(2)18(14)16(26)11-13/h10-12,15,17,26-27H,3-9H2,1-2H3,(H,23,29)/t17-,21-/m1/s1. The molecule has 156 valence electrons. The molecule has 0 spiro atoms. The van der Waals surface area contributed by atoms with Crippen molar-refractivity contribution in [2.75, 3.05) is 13.1 Å². The summed E-state index contributed by atoms with van der Waals surface area (Å²) in [5.41, 5.74) is 0.335. The first-order chi connectivity index (χ1) is 13.8. The van der Waals surface area contributed by atoms with Gasteiger partial charge in [0.2, 0.25) is 5.91 Å². The third kappa shape index (κ3) is 3.46. The fourth-order valence-corrected chi connectivity index (χ4v) is 4.59. The van der Waals surface area contributed by atoms with E-state index in [2.05, 4.69) is 10.4 Å². The molecule has 1 aliphatic carbocycles. The quantitative estimate of drug-likeness (QED) is 0.725. The molecular weight excluding hydrogens is 372 g/mol. The number of aryl methyl sites for hydroxylation is 1. The van der Waals surface area contributed by atoms with Crippen LogP contribution >= 0.6 is 0 Å². The van der Waals surface area contributed by atoms with Crippen molar-refractivity contribution in [3.05, 3.63) is 23.9 Å². The van der Waals surface area contributed by atoms with Gasteiger partial charge in [-0.25, -0.2) is 0 Å². The Morgan fingerprint density at radius 2 is 1.97 bits per heavy atom. The van der Waals surface area contributed by atoms with Gasteiger partial charge in [0.15, 0.2) is 0 Å². The van der Waals surface area contributed by atoms with Gasteiger partial charge in [-0.1, -0.05) is 0 Å². The van der Waals surface area contributed by atoms with Gasteiger partial charge in [0.1, 0.15) is 11.3 Å². The van der Waals surface area contributed by atoms with Crippen molar-refractivity contribution in [1.82, 2.24) is 20.0 Å². The van der Waals surface area contributed by atoms with Crippen LogP contribution < -0.4 is 5.32 Å². The summed E-state index contributed by atoms with van der Waals surface area (Å²) >= 11 is 0. The molecular formula is C21H28N4O4. The van der Waals surface area contributed by atoms with E-state index in [1.54, 1.807) is 28.9 Å². The highest BCUT2D eigenvalue weighted by atomic mass is 16.3. The van der Waals surface area contributed by atoms with Crippen molar-refractivity contribution >= 4 is 22.7 Å². The Labute approximate surface area is 169 Å². The summed E-state index contributed by atoms with van der Waals surface area (Å²) in [6.45, 7) is 2.91. The fraction of sp³-hybridized carbons (Fsp3) is 0.571. The molecule has 1 aromatic heterocycles. The first-order valence-electron chi connectivity index (χ1n) is 10.2. The summed E-state index contributed by atoms with van der Waals surface area (Å²) in [6, 6.07) is 3.24. The highest BCUT2D eigenvalue weighted by Crippen LogP contribution is 2.38. The molecule has 2 aromatic rings. The van der Waals surface area contributed by atoms with Crippen molar-refractivity contribution in [1.29, 1.82) is 0 Å². The van der Waals surface area contributed by atoms with Gasteiger partial charge in [0, 0.05) is 37.1 Å². The van der Waals surface area contributed by atoms with E-state index in [0.29, 0.717) is 49.9 Å². The number of aromatic hydroxyl groups is 1. The molecule has 3 N–H and O–H groups in total. The minimum atomic E-state index is -0.705. The van der Waals surface area contributed by atoms with Gasteiger partial charge in [0.05, 0.1) is 17.7 Å². The van der Waals surface area contributed by atoms with E-state index in [-0.39, 0.29) is 23.6 Å². The predicted molar refractivity (Wildman–Crippen MR) is 107 cm³/mol. The number of fused-ring (bicyclic) bond motifs is 1. The maximum absolute atomic E-state index is 12.9. The van der Waals surface area contributed by atoms with Gasteiger partial charge in [-0.2, -0.15) is 5.10 Å². The van der Waals surface area contributed by atoms with Gasteiger partial charge in [-0.05, 0) is 51.2 Å². The number of nitrogens with zero attached hydrogens (tertiary/aromatic N) is 3. The first kappa shape index (κ1) is 19.7. The molecule has 1 aromatic carbocycles. The van der Waals surface area contributed by atoms with Crippen LogP contribution in [0.4, 0.5) is 0 Å². The van der Waals surface area contributed by atoms with E-state index in [9.17, 15) is 19.8 Å². The average molecular weight is 400 g/mol. The molecule has 0 bridgehead atoms. The van der Waals surface area contributed by atoms with Crippen LogP contribution in [0.5, 0.6) is 5.75 Å². The average Bonchev–Trinajstić information content (AvgIpc) is 3.25. The van der Waals surface area contributed by atoms with E-state index in [1.165, 1.54) is 6.07 Å². The number of nitrogens with one attached hydrogen (secondary N) is 1. The van der Waals surface area contributed by atoms with Crippen LogP contribution in [0.3, 0.4) is 0 Å². The van der Waals surface area contributed by atoms with E-state index < -0.39 is 11.5 Å². The maximum atomic E-state index is 12.9. The Morgan fingerprint density at radius 3 is 2.62 bits per heavy atom. The van der Waals surface area contributed by atoms with Crippen molar-refractivity contribution < 1.29 is 19.8 Å². The molecule has 2 amide bonds. The Hall–Kier alpha value is -2.61. The zero-order valence-electron chi connectivity index (χ0n) is 16.9. The van der Waals surface area contributed by atoms with Crippen LogP contribution in [0.25, 0.3) is 10.9 Å². The number of aliphatic hydroxyl groups is 1. The van der Waals surface area contributed by atoms with Crippen LogP contribution in [0.2, 0.25) is 0 Å². The summed E-state index contributed by atoms with van der Waals surface area (Å²) in [6.07, 6.45) is 4.63. The van der Waals surface area contributed by atoms with Crippen LogP contribution in [-0.2, 0) is 11.8 Å². The third-order valence-electron chi connectivity index (χ3n) is 6.61. The summed E-state index contributed by atoms with van der Waals surface area (Å²) in [4.78, 5) is 27.3. The lowest BCUT2D eigenvalue weighted by atomic mass is 9.85. The zero-order valence-corrected chi connectivity index (χ0v) is 16.9. The molecule has 2 heterocycles. The van der Waals surface area contributed by atoms with E-state index in [0.717, 1.165) is 11.8 Å². The van der Waals surface area contributed by atoms with Crippen LogP contribution in [0.15, 0.2) is 18.3 Å².